The Morgan fingerprint density at radius 3 is 2.61 bits per heavy atom. The number of carbonyl (C=O) groups excluding carboxylic acids is 1. The van der Waals surface area contributed by atoms with E-state index in [-0.39, 0.29) is 18.6 Å². The van der Waals surface area contributed by atoms with Crippen molar-refractivity contribution in [2.24, 2.45) is 5.92 Å². The van der Waals surface area contributed by atoms with E-state index in [2.05, 4.69) is 20.7 Å². The molecular weight excluding hydrogens is 304 g/mol. The molecule has 1 unspecified atom stereocenters. The van der Waals surface area contributed by atoms with E-state index in [0.717, 1.165) is 5.56 Å². The zero-order valence-corrected chi connectivity index (χ0v) is 11.3. The second kappa shape index (κ2) is 6.39. The highest BCUT2D eigenvalue weighted by atomic mass is 79.9. The Labute approximate surface area is 113 Å². The molecule has 0 amide bonds. The summed E-state index contributed by atoms with van der Waals surface area (Å²) in [5, 5.41) is 18.0. The molecule has 0 spiro atoms. The van der Waals surface area contributed by atoms with Crippen LogP contribution in [0.5, 0.6) is 5.75 Å². The van der Waals surface area contributed by atoms with Crippen molar-refractivity contribution in [3.63, 3.8) is 0 Å². The van der Waals surface area contributed by atoms with E-state index in [9.17, 15) is 14.7 Å². The summed E-state index contributed by atoms with van der Waals surface area (Å²) in [5.41, 5.74) is 0.740. The molecule has 0 fully saturated rings. The highest BCUT2D eigenvalue weighted by molar-refractivity contribution is 9.10. The normalized spacial score (nSPS) is 11.9. The number of benzene rings is 1. The van der Waals surface area contributed by atoms with Crippen LogP contribution < -0.4 is 0 Å². The first-order valence-electron chi connectivity index (χ1n) is 5.21. The Kier molecular flexibility index (Phi) is 5.15. The highest BCUT2D eigenvalue weighted by Crippen LogP contribution is 2.25. The Balaban J connectivity index is 2.88. The van der Waals surface area contributed by atoms with Crippen molar-refractivity contribution in [1.29, 1.82) is 0 Å². The molecule has 98 valence electrons. The smallest absolute Gasteiger partial charge is 0.309 e. The van der Waals surface area contributed by atoms with Crippen LogP contribution in [0.2, 0.25) is 0 Å². The van der Waals surface area contributed by atoms with Gasteiger partial charge in [-0.2, -0.15) is 0 Å². The van der Waals surface area contributed by atoms with E-state index < -0.39 is 17.9 Å². The number of hydrogen-bond donors (Lipinski definition) is 2. The van der Waals surface area contributed by atoms with E-state index >= 15 is 0 Å². The van der Waals surface area contributed by atoms with Gasteiger partial charge in [0, 0.05) is 4.47 Å². The fraction of sp³-hybridized carbons (Fsp3) is 0.333. The van der Waals surface area contributed by atoms with E-state index in [1.165, 1.54) is 19.2 Å². The van der Waals surface area contributed by atoms with Crippen molar-refractivity contribution in [2.45, 2.75) is 12.8 Å². The Morgan fingerprint density at radius 1 is 1.44 bits per heavy atom. The molecule has 18 heavy (non-hydrogen) atoms. The molecule has 1 rings (SSSR count). The molecule has 2 N–H and O–H groups in total. The van der Waals surface area contributed by atoms with Gasteiger partial charge in [-0.05, 0) is 24.1 Å². The molecule has 0 saturated carbocycles. The van der Waals surface area contributed by atoms with Crippen molar-refractivity contribution in [3.8, 4) is 5.75 Å². The lowest BCUT2D eigenvalue weighted by molar-refractivity contribution is -0.150. The van der Waals surface area contributed by atoms with Crippen LogP contribution in [0.4, 0.5) is 0 Å². The van der Waals surface area contributed by atoms with Crippen LogP contribution in [0, 0.1) is 5.92 Å². The molecule has 0 radical (unpaired) electrons. The minimum Gasteiger partial charge on any atom is -0.508 e. The molecule has 0 aliphatic carbocycles. The molecule has 1 atom stereocenters. The van der Waals surface area contributed by atoms with Crippen molar-refractivity contribution < 1.29 is 24.5 Å². The fourth-order valence-electron chi connectivity index (χ4n) is 1.58. The zero-order valence-electron chi connectivity index (χ0n) is 9.72. The average molecular weight is 317 g/mol. The summed E-state index contributed by atoms with van der Waals surface area (Å²) in [4.78, 5) is 22.2. The average Bonchev–Trinajstić information content (AvgIpc) is 2.30. The quantitative estimate of drug-likeness (QED) is 0.811. The molecule has 1 aromatic rings. The van der Waals surface area contributed by atoms with E-state index in [1.54, 1.807) is 6.07 Å². The van der Waals surface area contributed by atoms with Gasteiger partial charge in [0.05, 0.1) is 19.4 Å². The number of phenolic OH excluding ortho intramolecular Hbond substituents is 1. The molecule has 0 bridgehead atoms. The van der Waals surface area contributed by atoms with Crippen molar-refractivity contribution >= 4 is 27.9 Å². The first kappa shape index (κ1) is 14.5. The summed E-state index contributed by atoms with van der Waals surface area (Å²) in [7, 11) is 1.23. The maximum absolute atomic E-state index is 11.5. The first-order valence-corrected chi connectivity index (χ1v) is 6.00. The van der Waals surface area contributed by atoms with Gasteiger partial charge in [0.15, 0.2) is 0 Å². The molecule has 0 saturated heterocycles. The summed E-state index contributed by atoms with van der Waals surface area (Å²) in [5.74, 6) is -2.26. The van der Waals surface area contributed by atoms with Crippen LogP contribution in [0.1, 0.15) is 12.0 Å². The third-order valence-electron chi connectivity index (χ3n) is 2.46. The third kappa shape index (κ3) is 4.03. The molecule has 0 aliphatic heterocycles. The van der Waals surface area contributed by atoms with Crippen LogP contribution >= 0.6 is 15.9 Å². The molecule has 0 heterocycles. The number of esters is 1. The highest BCUT2D eigenvalue weighted by Gasteiger charge is 2.23. The number of aromatic hydroxyl groups is 1. The predicted molar refractivity (Wildman–Crippen MR) is 67.3 cm³/mol. The van der Waals surface area contributed by atoms with Gasteiger partial charge in [0.25, 0.3) is 0 Å². The number of rotatable bonds is 5. The van der Waals surface area contributed by atoms with Gasteiger partial charge in [-0.1, -0.05) is 22.0 Å². The number of methoxy groups -OCH3 is 1. The van der Waals surface area contributed by atoms with Crippen LogP contribution in [-0.4, -0.2) is 29.3 Å². The third-order valence-corrected chi connectivity index (χ3v) is 3.20. The van der Waals surface area contributed by atoms with Crippen molar-refractivity contribution in [3.05, 3.63) is 28.2 Å². The van der Waals surface area contributed by atoms with Crippen LogP contribution in [-0.2, 0) is 20.7 Å². The summed E-state index contributed by atoms with van der Waals surface area (Å²) in [6.45, 7) is 0. The van der Waals surface area contributed by atoms with Gasteiger partial charge >= 0.3 is 11.9 Å². The topological polar surface area (TPSA) is 83.8 Å². The van der Waals surface area contributed by atoms with Gasteiger partial charge in [0.2, 0.25) is 0 Å². The van der Waals surface area contributed by atoms with Crippen molar-refractivity contribution in [1.82, 2.24) is 0 Å². The van der Waals surface area contributed by atoms with Gasteiger partial charge in [-0.25, -0.2) is 0 Å². The van der Waals surface area contributed by atoms with E-state index in [1.807, 2.05) is 0 Å². The van der Waals surface area contributed by atoms with Gasteiger partial charge in [-0.3, -0.25) is 9.59 Å². The van der Waals surface area contributed by atoms with Crippen LogP contribution in [0.25, 0.3) is 0 Å². The van der Waals surface area contributed by atoms with E-state index in [4.69, 9.17) is 5.11 Å². The maximum Gasteiger partial charge on any atom is 0.309 e. The lowest BCUT2D eigenvalue weighted by Gasteiger charge is -2.13. The Bertz CT molecular complexity index is 458. The van der Waals surface area contributed by atoms with Gasteiger partial charge in [0.1, 0.15) is 5.75 Å². The predicted octanol–water partition coefficient (Wildman–Crippen LogP) is 1.96. The lowest BCUT2D eigenvalue weighted by Crippen LogP contribution is -2.22. The number of hydrogen-bond acceptors (Lipinski definition) is 4. The Hall–Kier alpha value is -1.56. The van der Waals surface area contributed by atoms with Crippen molar-refractivity contribution in [2.75, 3.05) is 7.11 Å². The molecular formula is C12H13BrO5. The van der Waals surface area contributed by atoms with E-state index in [0.29, 0.717) is 4.47 Å². The fourth-order valence-corrected chi connectivity index (χ4v) is 2.11. The number of phenols is 1. The van der Waals surface area contributed by atoms with Crippen LogP contribution in [0.15, 0.2) is 22.7 Å². The number of carbonyl (C=O) groups is 2. The monoisotopic (exact) mass is 316 g/mol. The molecule has 1 aromatic carbocycles. The summed E-state index contributed by atoms with van der Waals surface area (Å²) >= 11 is 3.25. The molecule has 6 heteroatoms. The minimum absolute atomic E-state index is 0.0958. The Morgan fingerprint density at radius 2 is 2.11 bits per heavy atom. The standard InChI is InChI=1S/C12H13BrO5/c1-18-12(17)8(5-11(15)16)4-7-2-3-9(14)6-10(7)13/h2-3,6,8,14H,4-5H2,1H3,(H,15,16). The summed E-state index contributed by atoms with van der Waals surface area (Å²) in [6.07, 6.45) is -0.0557. The molecule has 0 aliphatic rings. The SMILES string of the molecule is COC(=O)C(CC(=O)O)Cc1ccc(O)cc1Br. The molecule has 0 aromatic heterocycles. The molecule has 5 nitrogen and oxygen atoms in total. The number of aliphatic carboxylic acids is 1. The zero-order chi connectivity index (χ0) is 13.7. The maximum atomic E-state index is 11.5. The first-order chi connectivity index (χ1) is 8.43. The lowest BCUT2D eigenvalue weighted by atomic mass is 9.96. The number of halogens is 1. The summed E-state index contributed by atoms with van der Waals surface area (Å²) < 4.78 is 5.21. The largest absolute Gasteiger partial charge is 0.508 e. The minimum atomic E-state index is -1.06. The number of ether oxygens (including phenoxy) is 1. The second-order valence-corrected chi connectivity index (χ2v) is 4.65. The number of carboxylic acids is 1. The van der Waals surface area contributed by atoms with Gasteiger partial charge in [-0.15, -0.1) is 0 Å². The van der Waals surface area contributed by atoms with Gasteiger partial charge < -0.3 is 14.9 Å². The second-order valence-electron chi connectivity index (χ2n) is 3.80. The van der Waals surface area contributed by atoms with Crippen LogP contribution in [0.3, 0.4) is 0 Å². The number of carboxylic acid groups (broad SMARTS) is 1. The summed E-state index contributed by atoms with van der Waals surface area (Å²) in [6, 6.07) is 4.61.